The van der Waals surface area contributed by atoms with Gasteiger partial charge in [-0.25, -0.2) is 9.97 Å². The van der Waals surface area contributed by atoms with E-state index in [0.29, 0.717) is 25.1 Å². The Balaban J connectivity index is 1.62. The van der Waals surface area contributed by atoms with E-state index in [1.807, 2.05) is 12.3 Å². The van der Waals surface area contributed by atoms with E-state index >= 15 is 0 Å². The molecule has 2 saturated heterocycles. The molecule has 3 heterocycles. The molecule has 6 nitrogen and oxygen atoms in total. The van der Waals surface area contributed by atoms with Crippen molar-refractivity contribution in [2.75, 3.05) is 25.1 Å². The summed E-state index contributed by atoms with van der Waals surface area (Å²) in [7, 11) is 0. The van der Waals surface area contributed by atoms with Gasteiger partial charge in [0.15, 0.2) is 0 Å². The fourth-order valence-electron chi connectivity index (χ4n) is 3.20. The molecule has 1 aromatic rings. The first-order chi connectivity index (χ1) is 11.3. The van der Waals surface area contributed by atoms with Gasteiger partial charge < -0.3 is 20.1 Å². The zero-order valence-corrected chi connectivity index (χ0v) is 15.4. The summed E-state index contributed by atoms with van der Waals surface area (Å²) in [4.78, 5) is 9.01. The fraction of sp³-hybridized carbons (Fsp3) is 0.778. The molecule has 4 atom stereocenters. The Bertz CT molecular complexity index is 558. The predicted molar refractivity (Wildman–Crippen MR) is 94.3 cm³/mol. The molecule has 0 radical (unpaired) electrons. The Kier molecular flexibility index (Phi) is 5.08. The van der Waals surface area contributed by atoms with Crippen molar-refractivity contribution < 1.29 is 9.47 Å². The maximum Gasteiger partial charge on any atom is 0.223 e. The largest absolute Gasteiger partial charge is 0.371 e. The van der Waals surface area contributed by atoms with Gasteiger partial charge in [0.2, 0.25) is 5.95 Å². The number of hydrogen-bond acceptors (Lipinski definition) is 6. The van der Waals surface area contributed by atoms with Crippen molar-refractivity contribution in [3.05, 3.63) is 18.0 Å². The zero-order chi connectivity index (χ0) is 17.3. The molecular weight excluding hydrogens is 304 g/mol. The van der Waals surface area contributed by atoms with Gasteiger partial charge in [-0.1, -0.05) is 34.6 Å². The van der Waals surface area contributed by atoms with Gasteiger partial charge in [-0.15, -0.1) is 0 Å². The SMILES string of the molecule is CC(C)CN[C@H]1CO[C@H]2[C@@H]1OC[C@@H]2Nc1nccc(C(C)(C)C)n1. The van der Waals surface area contributed by atoms with Crippen molar-refractivity contribution in [2.45, 2.75) is 64.3 Å². The zero-order valence-electron chi connectivity index (χ0n) is 15.4. The van der Waals surface area contributed by atoms with E-state index < -0.39 is 0 Å². The van der Waals surface area contributed by atoms with Gasteiger partial charge in [-0.2, -0.15) is 0 Å². The molecule has 3 rings (SSSR count). The van der Waals surface area contributed by atoms with Crippen LogP contribution in [0, 0.1) is 5.92 Å². The Morgan fingerprint density at radius 2 is 1.83 bits per heavy atom. The van der Waals surface area contributed by atoms with Crippen LogP contribution in [-0.2, 0) is 14.9 Å². The second-order valence-electron chi connectivity index (χ2n) is 8.27. The van der Waals surface area contributed by atoms with E-state index in [-0.39, 0.29) is 29.7 Å². The number of rotatable bonds is 5. The molecule has 0 saturated carbocycles. The molecule has 0 spiro atoms. The second kappa shape index (κ2) is 6.94. The number of aromatic nitrogens is 2. The minimum Gasteiger partial charge on any atom is -0.371 e. The molecule has 134 valence electrons. The fourth-order valence-corrected chi connectivity index (χ4v) is 3.20. The summed E-state index contributed by atoms with van der Waals surface area (Å²) in [5.41, 5.74) is 1.03. The van der Waals surface area contributed by atoms with Crippen molar-refractivity contribution in [3.8, 4) is 0 Å². The summed E-state index contributed by atoms with van der Waals surface area (Å²) >= 11 is 0. The number of ether oxygens (including phenoxy) is 2. The first-order valence-corrected chi connectivity index (χ1v) is 8.91. The van der Waals surface area contributed by atoms with Gasteiger partial charge in [0.1, 0.15) is 12.2 Å². The number of hydrogen-bond donors (Lipinski definition) is 2. The molecule has 0 amide bonds. The molecule has 2 N–H and O–H groups in total. The number of nitrogens with one attached hydrogen (secondary N) is 2. The monoisotopic (exact) mass is 334 g/mol. The minimum atomic E-state index is 0.00377. The quantitative estimate of drug-likeness (QED) is 0.858. The highest BCUT2D eigenvalue weighted by Gasteiger charge is 2.47. The highest BCUT2D eigenvalue weighted by Crippen LogP contribution is 2.29. The molecule has 2 fully saturated rings. The summed E-state index contributed by atoms with van der Waals surface area (Å²) in [5, 5.41) is 6.97. The van der Waals surface area contributed by atoms with Crippen LogP contribution in [0.2, 0.25) is 0 Å². The van der Waals surface area contributed by atoms with Crippen molar-refractivity contribution in [2.24, 2.45) is 5.92 Å². The Morgan fingerprint density at radius 1 is 1.17 bits per heavy atom. The molecule has 24 heavy (non-hydrogen) atoms. The first kappa shape index (κ1) is 17.6. The van der Waals surface area contributed by atoms with Crippen LogP contribution in [0.1, 0.15) is 40.3 Å². The average Bonchev–Trinajstić information content (AvgIpc) is 3.08. The molecule has 0 unspecified atom stereocenters. The predicted octanol–water partition coefficient (Wildman–Crippen LogP) is 1.97. The van der Waals surface area contributed by atoms with Crippen LogP contribution in [0.3, 0.4) is 0 Å². The van der Waals surface area contributed by atoms with Gasteiger partial charge in [0, 0.05) is 11.6 Å². The Morgan fingerprint density at radius 3 is 2.50 bits per heavy atom. The van der Waals surface area contributed by atoms with E-state index in [9.17, 15) is 0 Å². The third kappa shape index (κ3) is 3.87. The van der Waals surface area contributed by atoms with Crippen LogP contribution in [-0.4, -0.2) is 54.0 Å². The summed E-state index contributed by atoms with van der Waals surface area (Å²) in [6.45, 7) is 13.2. The lowest BCUT2D eigenvalue weighted by atomic mass is 9.92. The van der Waals surface area contributed by atoms with Crippen molar-refractivity contribution in [1.82, 2.24) is 15.3 Å². The van der Waals surface area contributed by atoms with Crippen LogP contribution in [0.5, 0.6) is 0 Å². The normalized spacial score (nSPS) is 29.9. The van der Waals surface area contributed by atoms with Crippen LogP contribution in [0.25, 0.3) is 0 Å². The molecule has 2 aliphatic heterocycles. The molecular formula is C18H30N4O2. The maximum absolute atomic E-state index is 6.00. The molecule has 2 aliphatic rings. The third-order valence-corrected chi connectivity index (χ3v) is 4.58. The third-order valence-electron chi connectivity index (χ3n) is 4.58. The van der Waals surface area contributed by atoms with Crippen LogP contribution in [0.4, 0.5) is 5.95 Å². The van der Waals surface area contributed by atoms with Gasteiger partial charge in [0.05, 0.1) is 31.0 Å². The topological polar surface area (TPSA) is 68.3 Å². The smallest absolute Gasteiger partial charge is 0.223 e. The maximum atomic E-state index is 6.00. The van der Waals surface area contributed by atoms with Crippen LogP contribution >= 0.6 is 0 Å². The number of fused-ring (bicyclic) bond motifs is 1. The van der Waals surface area contributed by atoms with E-state index in [2.05, 4.69) is 55.2 Å². The van der Waals surface area contributed by atoms with Gasteiger partial charge in [0.25, 0.3) is 0 Å². The Labute approximate surface area is 144 Å². The van der Waals surface area contributed by atoms with E-state index in [1.165, 1.54) is 0 Å². The second-order valence-corrected chi connectivity index (χ2v) is 8.27. The molecule has 0 aliphatic carbocycles. The van der Waals surface area contributed by atoms with Gasteiger partial charge in [-0.3, -0.25) is 0 Å². The van der Waals surface area contributed by atoms with Gasteiger partial charge >= 0.3 is 0 Å². The molecule has 1 aromatic heterocycles. The lowest BCUT2D eigenvalue weighted by Gasteiger charge is -2.21. The number of anilines is 1. The minimum absolute atomic E-state index is 0.00377. The highest BCUT2D eigenvalue weighted by atomic mass is 16.6. The lowest BCUT2D eigenvalue weighted by molar-refractivity contribution is 0.0674. The molecule has 0 aromatic carbocycles. The van der Waals surface area contributed by atoms with Crippen LogP contribution in [0.15, 0.2) is 12.3 Å². The lowest BCUT2D eigenvalue weighted by Crippen LogP contribution is -2.43. The summed E-state index contributed by atoms with van der Waals surface area (Å²) in [5.74, 6) is 1.27. The van der Waals surface area contributed by atoms with Crippen molar-refractivity contribution in [1.29, 1.82) is 0 Å². The van der Waals surface area contributed by atoms with Gasteiger partial charge in [-0.05, 0) is 18.5 Å². The van der Waals surface area contributed by atoms with E-state index in [1.54, 1.807) is 0 Å². The summed E-state index contributed by atoms with van der Waals surface area (Å²) in [6.07, 6.45) is 1.97. The molecule has 0 bridgehead atoms. The molecule has 6 heteroatoms. The Hall–Kier alpha value is -1.24. The van der Waals surface area contributed by atoms with Crippen molar-refractivity contribution in [3.63, 3.8) is 0 Å². The highest BCUT2D eigenvalue weighted by molar-refractivity contribution is 5.30. The van der Waals surface area contributed by atoms with Crippen LogP contribution < -0.4 is 10.6 Å². The summed E-state index contributed by atoms with van der Waals surface area (Å²) < 4.78 is 12.0. The first-order valence-electron chi connectivity index (χ1n) is 8.91. The van der Waals surface area contributed by atoms with E-state index in [4.69, 9.17) is 9.47 Å². The average molecular weight is 334 g/mol. The van der Waals surface area contributed by atoms with Crippen molar-refractivity contribution >= 4 is 5.95 Å². The summed E-state index contributed by atoms with van der Waals surface area (Å²) in [6, 6.07) is 2.33. The number of nitrogens with zero attached hydrogens (tertiary/aromatic N) is 2. The van der Waals surface area contributed by atoms with E-state index in [0.717, 1.165) is 12.2 Å². The standard InChI is InChI=1S/C18H30N4O2/c1-11(2)8-20-12-9-23-16-13(10-24-15(12)16)21-17-19-7-6-14(22-17)18(3,4)5/h6-7,11-13,15-16,20H,8-10H2,1-5H3,(H,19,21,22)/t12-,13-,15+,16+/m0/s1.